The zero-order chi connectivity index (χ0) is 13.2. The van der Waals surface area contributed by atoms with Crippen LogP contribution in [0, 0.1) is 0 Å². The summed E-state index contributed by atoms with van der Waals surface area (Å²) in [6.45, 7) is 0. The second-order valence-electron chi connectivity index (χ2n) is 4.38. The van der Waals surface area contributed by atoms with Gasteiger partial charge in [0.05, 0.1) is 12.7 Å². The van der Waals surface area contributed by atoms with E-state index in [1.807, 2.05) is 42.5 Å². The van der Waals surface area contributed by atoms with Crippen LogP contribution in [0.4, 0.5) is 0 Å². The van der Waals surface area contributed by atoms with Crippen LogP contribution in [0.15, 0.2) is 59.2 Å². The summed E-state index contributed by atoms with van der Waals surface area (Å²) in [6.07, 6.45) is 1.66. The van der Waals surface area contributed by atoms with E-state index in [9.17, 15) is 4.79 Å². The fourth-order valence-electron chi connectivity index (χ4n) is 2.26. The van der Waals surface area contributed by atoms with Gasteiger partial charge in [-0.25, -0.2) is 0 Å². The third-order valence-corrected chi connectivity index (χ3v) is 3.11. The number of hydrogen-bond acceptors (Lipinski definition) is 2. The quantitative estimate of drug-likeness (QED) is 0.767. The number of carbonyl (C=O) groups is 1. The maximum absolute atomic E-state index is 10.8. The Morgan fingerprint density at radius 1 is 1.05 bits per heavy atom. The molecule has 0 saturated carbocycles. The summed E-state index contributed by atoms with van der Waals surface area (Å²) >= 11 is 0. The number of fused-ring (bicyclic) bond motifs is 1. The Labute approximate surface area is 117 Å². The first-order chi connectivity index (χ1) is 9.25. The highest BCUT2D eigenvalue weighted by molar-refractivity contribution is 5.96. The zero-order valence-corrected chi connectivity index (χ0v) is 10.2. The van der Waals surface area contributed by atoms with E-state index in [0.29, 0.717) is 11.1 Å². The molecule has 2 aromatic carbocycles. The lowest BCUT2D eigenvalue weighted by Gasteiger charge is -2.00. The molecule has 3 heteroatoms. The minimum absolute atomic E-state index is 0. The summed E-state index contributed by atoms with van der Waals surface area (Å²) in [5, 5.41) is 9.86. The van der Waals surface area contributed by atoms with Crippen LogP contribution in [-0.4, -0.2) is 11.1 Å². The van der Waals surface area contributed by atoms with E-state index in [4.69, 9.17) is 9.52 Å². The largest absolute Gasteiger partial charge is 0.481 e. The number of benzene rings is 2. The van der Waals surface area contributed by atoms with Crippen LogP contribution >= 0.6 is 0 Å². The average molecular weight is 268 g/mol. The highest BCUT2D eigenvalue weighted by Crippen LogP contribution is 2.32. The van der Waals surface area contributed by atoms with Crippen LogP contribution in [0.3, 0.4) is 0 Å². The summed E-state index contributed by atoms with van der Waals surface area (Å²) in [6, 6.07) is 15.5. The molecule has 0 aliphatic heterocycles. The predicted molar refractivity (Wildman–Crippen MR) is 79.7 cm³/mol. The topological polar surface area (TPSA) is 50.4 Å². The molecule has 0 bridgehead atoms. The van der Waals surface area contributed by atoms with Crippen LogP contribution in [0.2, 0.25) is 0 Å². The highest BCUT2D eigenvalue weighted by Gasteiger charge is 2.12. The summed E-state index contributed by atoms with van der Waals surface area (Å²) in [4.78, 5) is 10.8. The second-order valence-corrected chi connectivity index (χ2v) is 4.38. The Balaban J connectivity index is 0.00000147. The number of rotatable bonds is 3. The van der Waals surface area contributed by atoms with Crippen molar-refractivity contribution < 1.29 is 14.3 Å². The molecule has 1 heterocycles. The monoisotopic (exact) mass is 268 g/mol. The summed E-state index contributed by atoms with van der Waals surface area (Å²) in [5.74, 6) is -0.856. The van der Waals surface area contributed by atoms with E-state index < -0.39 is 5.97 Å². The molecular weight excluding hydrogens is 252 g/mol. The minimum Gasteiger partial charge on any atom is -0.481 e. The molecule has 3 aromatic rings. The van der Waals surface area contributed by atoms with Gasteiger partial charge in [0.15, 0.2) is 0 Å². The van der Waals surface area contributed by atoms with Crippen molar-refractivity contribution in [2.45, 2.75) is 13.8 Å². The molecule has 102 valence electrons. The van der Waals surface area contributed by atoms with Gasteiger partial charge in [0.1, 0.15) is 5.58 Å². The van der Waals surface area contributed by atoms with Gasteiger partial charge in [-0.2, -0.15) is 0 Å². The Bertz CT molecular complexity index is 726. The molecule has 3 nitrogen and oxygen atoms in total. The lowest BCUT2D eigenvalue weighted by molar-refractivity contribution is -0.136. The smallest absolute Gasteiger partial charge is 0.307 e. The lowest BCUT2D eigenvalue weighted by Crippen LogP contribution is -1.99. The zero-order valence-electron chi connectivity index (χ0n) is 10.2. The van der Waals surface area contributed by atoms with Crippen LogP contribution in [0.5, 0.6) is 0 Å². The molecule has 20 heavy (non-hydrogen) atoms. The van der Waals surface area contributed by atoms with Crippen molar-refractivity contribution in [2.75, 3.05) is 0 Å². The third kappa shape index (κ3) is 2.43. The van der Waals surface area contributed by atoms with E-state index >= 15 is 0 Å². The SMILES string of the molecule is C.O=C(O)Cc1cccc2c(-c3ccccc3)coc12. The van der Waals surface area contributed by atoms with Crippen molar-refractivity contribution in [3.05, 3.63) is 60.4 Å². The number of furan rings is 1. The van der Waals surface area contributed by atoms with Crippen molar-refractivity contribution in [2.24, 2.45) is 0 Å². The highest BCUT2D eigenvalue weighted by atomic mass is 16.4. The molecule has 1 N–H and O–H groups in total. The summed E-state index contributed by atoms with van der Waals surface area (Å²) in [7, 11) is 0. The molecule has 0 aliphatic rings. The average Bonchev–Trinajstić information content (AvgIpc) is 2.84. The molecule has 0 spiro atoms. The maximum atomic E-state index is 10.8. The predicted octanol–water partition coefficient (Wildman–Crippen LogP) is 4.36. The van der Waals surface area contributed by atoms with E-state index in [0.717, 1.165) is 16.5 Å². The van der Waals surface area contributed by atoms with Crippen LogP contribution in [-0.2, 0) is 11.2 Å². The Kier molecular flexibility index (Phi) is 3.89. The molecule has 0 amide bonds. The first-order valence-electron chi connectivity index (χ1n) is 6.02. The van der Waals surface area contributed by atoms with E-state index in [2.05, 4.69) is 0 Å². The van der Waals surface area contributed by atoms with Crippen molar-refractivity contribution in [3.8, 4) is 11.1 Å². The van der Waals surface area contributed by atoms with Gasteiger partial charge in [0, 0.05) is 16.5 Å². The number of para-hydroxylation sites is 1. The van der Waals surface area contributed by atoms with Crippen LogP contribution < -0.4 is 0 Å². The molecule has 0 radical (unpaired) electrons. The normalized spacial score (nSPS) is 10.2. The maximum Gasteiger partial charge on any atom is 0.307 e. The standard InChI is InChI=1S/C16H12O3.CH4/c17-15(18)9-12-7-4-8-13-14(10-19-16(12)13)11-5-2-1-3-6-11;/h1-8,10H,9H2,(H,17,18);1H4. The second kappa shape index (κ2) is 5.61. The van der Waals surface area contributed by atoms with Crippen LogP contribution in [0.1, 0.15) is 13.0 Å². The summed E-state index contributed by atoms with van der Waals surface area (Å²) < 4.78 is 5.57. The molecule has 0 saturated heterocycles. The van der Waals surface area contributed by atoms with Crippen molar-refractivity contribution >= 4 is 16.9 Å². The van der Waals surface area contributed by atoms with Crippen molar-refractivity contribution in [1.29, 1.82) is 0 Å². The van der Waals surface area contributed by atoms with E-state index in [1.165, 1.54) is 0 Å². The van der Waals surface area contributed by atoms with Gasteiger partial charge >= 0.3 is 5.97 Å². The van der Waals surface area contributed by atoms with Crippen LogP contribution in [0.25, 0.3) is 22.1 Å². The molecule has 0 fully saturated rings. The van der Waals surface area contributed by atoms with Gasteiger partial charge in [-0.05, 0) is 5.56 Å². The summed E-state index contributed by atoms with van der Waals surface area (Å²) in [5.41, 5.74) is 3.41. The Morgan fingerprint density at radius 2 is 1.80 bits per heavy atom. The third-order valence-electron chi connectivity index (χ3n) is 3.11. The molecular formula is C17H16O3. The number of carboxylic acids is 1. The first kappa shape index (κ1) is 13.9. The van der Waals surface area contributed by atoms with Gasteiger partial charge in [0.2, 0.25) is 0 Å². The minimum atomic E-state index is -0.856. The molecule has 1 aromatic heterocycles. The Morgan fingerprint density at radius 3 is 2.50 bits per heavy atom. The first-order valence-corrected chi connectivity index (χ1v) is 6.02. The van der Waals surface area contributed by atoms with Gasteiger partial charge in [-0.1, -0.05) is 56.0 Å². The molecule has 0 aliphatic carbocycles. The van der Waals surface area contributed by atoms with Gasteiger partial charge in [0.25, 0.3) is 0 Å². The molecule has 0 atom stereocenters. The van der Waals surface area contributed by atoms with E-state index in [-0.39, 0.29) is 13.8 Å². The number of aliphatic carboxylic acids is 1. The number of carboxylic acid groups (broad SMARTS) is 1. The van der Waals surface area contributed by atoms with Crippen molar-refractivity contribution in [1.82, 2.24) is 0 Å². The van der Waals surface area contributed by atoms with Gasteiger partial charge in [-0.15, -0.1) is 0 Å². The molecule has 0 unspecified atom stereocenters. The fraction of sp³-hybridized carbons (Fsp3) is 0.118. The fourth-order valence-corrected chi connectivity index (χ4v) is 2.26. The van der Waals surface area contributed by atoms with Gasteiger partial charge < -0.3 is 9.52 Å². The van der Waals surface area contributed by atoms with Gasteiger partial charge in [-0.3, -0.25) is 4.79 Å². The van der Waals surface area contributed by atoms with E-state index in [1.54, 1.807) is 12.3 Å². The van der Waals surface area contributed by atoms with Crippen molar-refractivity contribution in [3.63, 3.8) is 0 Å². The lowest BCUT2D eigenvalue weighted by atomic mass is 10.0. The number of hydrogen-bond donors (Lipinski definition) is 1. The Hall–Kier alpha value is -2.55. The molecule has 3 rings (SSSR count).